The predicted molar refractivity (Wildman–Crippen MR) is 68.0 cm³/mol. The van der Waals surface area contributed by atoms with Crippen molar-refractivity contribution >= 4 is 10.0 Å². The quantitative estimate of drug-likeness (QED) is 0.854. The average molecular weight is 272 g/mol. The van der Waals surface area contributed by atoms with Crippen LogP contribution in [-0.2, 0) is 16.4 Å². The lowest BCUT2D eigenvalue weighted by Gasteiger charge is -2.28. The normalized spacial score (nSPS) is 25.0. The zero-order chi connectivity index (χ0) is 13.2. The first kappa shape index (κ1) is 13.5. The Hall–Kier alpha value is -0.980. The van der Waals surface area contributed by atoms with Gasteiger partial charge in [-0.1, -0.05) is 12.1 Å². The van der Waals surface area contributed by atoms with Crippen LogP contribution in [0.5, 0.6) is 0 Å². The van der Waals surface area contributed by atoms with Crippen LogP contribution in [0, 0.1) is 5.82 Å². The molecule has 1 saturated heterocycles. The molecule has 1 aromatic rings. The summed E-state index contributed by atoms with van der Waals surface area (Å²) in [5.41, 5.74) is 0.918. The van der Waals surface area contributed by atoms with Gasteiger partial charge in [0.25, 0.3) is 0 Å². The van der Waals surface area contributed by atoms with Crippen LogP contribution >= 0.6 is 0 Å². The maximum absolute atomic E-state index is 13.0. The molecule has 1 aliphatic heterocycles. The Bertz CT molecular complexity index is 511. The van der Waals surface area contributed by atoms with E-state index in [1.807, 2.05) is 6.07 Å². The van der Waals surface area contributed by atoms with E-state index in [4.69, 9.17) is 5.14 Å². The van der Waals surface area contributed by atoms with Crippen LogP contribution in [0.4, 0.5) is 4.39 Å². The van der Waals surface area contributed by atoms with Gasteiger partial charge in [-0.3, -0.25) is 0 Å². The molecule has 0 bridgehead atoms. The molecular formula is C12H17FN2O2S. The lowest BCUT2D eigenvalue weighted by Crippen LogP contribution is -2.47. The number of hydrogen-bond acceptors (Lipinski definition) is 3. The molecule has 0 spiro atoms. The van der Waals surface area contributed by atoms with Crippen LogP contribution in [0.15, 0.2) is 24.3 Å². The van der Waals surface area contributed by atoms with Gasteiger partial charge < -0.3 is 5.32 Å². The van der Waals surface area contributed by atoms with E-state index in [1.165, 1.54) is 12.1 Å². The average Bonchev–Trinajstić information content (AvgIpc) is 2.28. The number of nitrogens with two attached hydrogens (primary N) is 1. The summed E-state index contributed by atoms with van der Waals surface area (Å²) in [5.74, 6) is -0.245. The number of rotatable bonds is 3. The highest BCUT2D eigenvalue weighted by Gasteiger charge is 2.27. The van der Waals surface area contributed by atoms with Crippen LogP contribution in [0.2, 0.25) is 0 Å². The first-order chi connectivity index (χ1) is 8.45. The highest BCUT2D eigenvalue weighted by Crippen LogP contribution is 2.17. The van der Waals surface area contributed by atoms with Crippen molar-refractivity contribution in [2.24, 2.45) is 5.14 Å². The number of piperidine rings is 1. The second-order valence-corrected chi connectivity index (χ2v) is 6.57. The van der Waals surface area contributed by atoms with Gasteiger partial charge in [-0.25, -0.2) is 17.9 Å². The molecule has 3 N–H and O–H groups in total. The van der Waals surface area contributed by atoms with Crippen LogP contribution in [0.3, 0.4) is 0 Å². The van der Waals surface area contributed by atoms with Crippen molar-refractivity contribution in [1.29, 1.82) is 0 Å². The smallest absolute Gasteiger partial charge is 0.213 e. The molecule has 0 aliphatic carbocycles. The first-order valence-corrected chi connectivity index (χ1v) is 7.55. The molecule has 1 heterocycles. The summed E-state index contributed by atoms with van der Waals surface area (Å²) >= 11 is 0. The SMILES string of the molecule is NS(=O)(=O)C1CCC(Cc2cccc(F)c2)NC1. The summed E-state index contributed by atoms with van der Waals surface area (Å²) in [5, 5.41) is 7.77. The minimum Gasteiger partial charge on any atom is -0.312 e. The molecule has 1 fully saturated rings. The van der Waals surface area contributed by atoms with Gasteiger partial charge in [0.05, 0.1) is 5.25 Å². The highest BCUT2D eigenvalue weighted by molar-refractivity contribution is 7.89. The van der Waals surface area contributed by atoms with Crippen LogP contribution in [0.1, 0.15) is 18.4 Å². The van der Waals surface area contributed by atoms with Crippen LogP contribution < -0.4 is 10.5 Å². The van der Waals surface area contributed by atoms with Gasteiger partial charge in [0.2, 0.25) is 10.0 Å². The fraction of sp³-hybridized carbons (Fsp3) is 0.500. The molecule has 2 atom stereocenters. The second kappa shape index (κ2) is 5.34. The predicted octanol–water partition coefficient (Wildman–Crippen LogP) is 0.777. The number of halogens is 1. The summed E-state index contributed by atoms with van der Waals surface area (Å²) in [6, 6.07) is 6.66. The van der Waals surface area contributed by atoms with E-state index in [1.54, 1.807) is 6.07 Å². The molecule has 1 aromatic carbocycles. The molecule has 0 amide bonds. The first-order valence-electron chi connectivity index (χ1n) is 5.94. The van der Waals surface area contributed by atoms with Crippen LogP contribution in [0.25, 0.3) is 0 Å². The summed E-state index contributed by atoms with van der Waals surface area (Å²) in [6.45, 7) is 0.374. The molecule has 6 heteroatoms. The maximum Gasteiger partial charge on any atom is 0.213 e. The number of primary sulfonamides is 1. The van der Waals surface area contributed by atoms with E-state index >= 15 is 0 Å². The Morgan fingerprint density at radius 2 is 2.17 bits per heavy atom. The lowest BCUT2D eigenvalue weighted by atomic mass is 9.97. The fourth-order valence-corrected chi connectivity index (χ4v) is 3.09. The molecule has 0 radical (unpaired) electrons. The monoisotopic (exact) mass is 272 g/mol. The molecule has 2 rings (SSSR count). The second-order valence-electron chi connectivity index (χ2n) is 4.73. The van der Waals surface area contributed by atoms with Crippen molar-refractivity contribution in [1.82, 2.24) is 5.32 Å². The molecular weight excluding hydrogens is 255 g/mol. The van der Waals surface area contributed by atoms with Crippen molar-refractivity contribution in [2.75, 3.05) is 6.54 Å². The van der Waals surface area contributed by atoms with Crippen molar-refractivity contribution in [3.63, 3.8) is 0 Å². The van der Waals surface area contributed by atoms with E-state index < -0.39 is 15.3 Å². The molecule has 2 unspecified atom stereocenters. The topological polar surface area (TPSA) is 72.2 Å². The molecule has 0 aromatic heterocycles. The standard InChI is InChI=1S/C12H17FN2O2S/c13-10-3-1-2-9(6-10)7-11-4-5-12(8-15-11)18(14,16)17/h1-3,6,11-12,15H,4-5,7-8H2,(H2,14,16,17). The van der Waals surface area contributed by atoms with Gasteiger partial charge in [-0.05, 0) is 37.0 Å². The van der Waals surface area contributed by atoms with Crippen LogP contribution in [-0.4, -0.2) is 26.3 Å². The minimum atomic E-state index is -3.45. The fourth-order valence-electron chi connectivity index (χ4n) is 2.29. The number of sulfonamides is 1. The number of nitrogens with one attached hydrogen (secondary N) is 1. The minimum absolute atomic E-state index is 0.185. The van der Waals surface area contributed by atoms with Gasteiger partial charge >= 0.3 is 0 Å². The van der Waals surface area contributed by atoms with Crippen molar-refractivity contribution in [3.8, 4) is 0 Å². The van der Waals surface area contributed by atoms with Gasteiger partial charge in [0.1, 0.15) is 5.82 Å². The molecule has 4 nitrogen and oxygen atoms in total. The van der Waals surface area contributed by atoms with Gasteiger partial charge in [-0.15, -0.1) is 0 Å². The van der Waals surface area contributed by atoms with E-state index in [2.05, 4.69) is 5.32 Å². The third-order valence-corrected chi connectivity index (χ3v) is 4.64. The van der Waals surface area contributed by atoms with Crippen molar-refractivity contribution < 1.29 is 12.8 Å². The van der Waals surface area contributed by atoms with Crippen molar-refractivity contribution in [2.45, 2.75) is 30.6 Å². The third kappa shape index (κ3) is 3.51. The zero-order valence-electron chi connectivity index (χ0n) is 9.97. The summed E-state index contributed by atoms with van der Waals surface area (Å²) in [7, 11) is -3.45. The number of hydrogen-bond donors (Lipinski definition) is 2. The van der Waals surface area contributed by atoms with E-state index in [0.717, 1.165) is 12.0 Å². The highest BCUT2D eigenvalue weighted by atomic mass is 32.2. The maximum atomic E-state index is 13.0. The Labute approximate surface area is 106 Å². The van der Waals surface area contributed by atoms with E-state index in [9.17, 15) is 12.8 Å². The molecule has 18 heavy (non-hydrogen) atoms. The Morgan fingerprint density at radius 1 is 1.39 bits per heavy atom. The van der Waals surface area contributed by atoms with E-state index in [-0.39, 0.29) is 11.9 Å². The summed E-state index contributed by atoms with van der Waals surface area (Å²) in [4.78, 5) is 0. The zero-order valence-corrected chi connectivity index (χ0v) is 10.8. The van der Waals surface area contributed by atoms with Gasteiger partial charge in [0.15, 0.2) is 0 Å². The summed E-state index contributed by atoms with van der Waals surface area (Å²) in [6.07, 6.45) is 2.00. The Balaban J connectivity index is 1.91. The molecule has 0 saturated carbocycles. The van der Waals surface area contributed by atoms with Gasteiger partial charge in [-0.2, -0.15) is 0 Å². The largest absolute Gasteiger partial charge is 0.312 e. The van der Waals surface area contributed by atoms with Crippen molar-refractivity contribution in [3.05, 3.63) is 35.6 Å². The van der Waals surface area contributed by atoms with E-state index in [0.29, 0.717) is 19.4 Å². The Morgan fingerprint density at radius 3 is 2.72 bits per heavy atom. The third-order valence-electron chi connectivity index (χ3n) is 3.31. The molecule has 1 aliphatic rings. The summed E-state index contributed by atoms with van der Waals surface area (Å²) < 4.78 is 35.4. The Kier molecular flexibility index (Phi) is 3.99. The van der Waals surface area contributed by atoms with Gasteiger partial charge in [0, 0.05) is 12.6 Å². The lowest BCUT2D eigenvalue weighted by molar-refractivity contribution is 0.396. The number of benzene rings is 1. The molecule has 100 valence electrons.